The van der Waals surface area contributed by atoms with Crippen molar-refractivity contribution >= 4 is 11.3 Å². The Morgan fingerprint density at radius 1 is 0.889 bits per heavy atom. The van der Waals surface area contributed by atoms with Gasteiger partial charge in [-0.15, -0.1) is 11.3 Å². The second-order valence-corrected chi connectivity index (χ2v) is 8.06. The van der Waals surface area contributed by atoms with Gasteiger partial charge in [0.15, 0.2) is 11.5 Å². The molecule has 3 aromatic rings. The number of aromatic nitrogens is 1. The van der Waals surface area contributed by atoms with Crippen LogP contribution in [0.15, 0.2) is 54.9 Å². The number of rotatable bonds is 8. The Kier molecular flexibility index (Phi) is 5.70. The highest BCUT2D eigenvalue weighted by molar-refractivity contribution is 7.11. The maximum Gasteiger partial charge on any atom is 0.231 e. The van der Waals surface area contributed by atoms with E-state index in [-0.39, 0.29) is 0 Å². The van der Waals surface area contributed by atoms with Crippen LogP contribution in [0.4, 0.5) is 0 Å². The van der Waals surface area contributed by atoms with Crippen molar-refractivity contribution in [2.75, 3.05) is 6.79 Å². The zero-order chi connectivity index (χ0) is 18.5. The molecular weight excluding hydrogens is 356 g/mol. The molecule has 1 aliphatic rings. The monoisotopic (exact) mass is 380 g/mol. The number of pyridine rings is 1. The second-order valence-electron chi connectivity index (χ2n) is 6.81. The van der Waals surface area contributed by atoms with Gasteiger partial charge in [-0.25, -0.2) is 0 Å². The predicted molar refractivity (Wildman–Crippen MR) is 108 cm³/mol. The van der Waals surface area contributed by atoms with E-state index in [4.69, 9.17) is 9.47 Å². The summed E-state index contributed by atoms with van der Waals surface area (Å²) in [6.45, 7) is 5.23. The lowest BCUT2D eigenvalue weighted by atomic mass is 10.1. The highest BCUT2D eigenvalue weighted by Gasteiger charge is 2.15. The SMILES string of the molecule is CCCc1ccc(CN(Cc2ccncc2)Cc2ccc3c(c2)OCO3)s1. The molecular formula is C22H24N2O2S. The van der Waals surface area contributed by atoms with Crippen molar-refractivity contribution in [1.29, 1.82) is 0 Å². The summed E-state index contributed by atoms with van der Waals surface area (Å²) >= 11 is 1.93. The number of ether oxygens (including phenoxy) is 2. The largest absolute Gasteiger partial charge is 0.454 e. The molecule has 3 heterocycles. The normalized spacial score (nSPS) is 12.7. The molecule has 4 rings (SSSR count). The van der Waals surface area contributed by atoms with Gasteiger partial charge in [0.05, 0.1) is 0 Å². The number of aryl methyl sites for hydroxylation is 1. The quantitative estimate of drug-likeness (QED) is 0.549. The zero-order valence-electron chi connectivity index (χ0n) is 15.6. The van der Waals surface area contributed by atoms with Gasteiger partial charge >= 0.3 is 0 Å². The molecule has 0 saturated heterocycles. The Morgan fingerprint density at radius 2 is 1.67 bits per heavy atom. The van der Waals surface area contributed by atoms with Crippen molar-refractivity contribution in [2.45, 2.75) is 39.4 Å². The van der Waals surface area contributed by atoms with E-state index in [2.05, 4.69) is 53.2 Å². The van der Waals surface area contributed by atoms with E-state index in [0.717, 1.165) is 37.6 Å². The Morgan fingerprint density at radius 3 is 2.52 bits per heavy atom. The van der Waals surface area contributed by atoms with Crippen LogP contribution in [0.2, 0.25) is 0 Å². The van der Waals surface area contributed by atoms with Crippen molar-refractivity contribution < 1.29 is 9.47 Å². The molecule has 0 amide bonds. The average molecular weight is 381 g/mol. The van der Waals surface area contributed by atoms with Crippen molar-refractivity contribution in [2.24, 2.45) is 0 Å². The fourth-order valence-electron chi connectivity index (χ4n) is 3.32. The summed E-state index contributed by atoms with van der Waals surface area (Å²) < 4.78 is 11.0. The number of nitrogens with zero attached hydrogens (tertiary/aromatic N) is 2. The number of benzene rings is 1. The lowest BCUT2D eigenvalue weighted by molar-refractivity contribution is 0.174. The van der Waals surface area contributed by atoms with Gasteiger partial charge < -0.3 is 9.47 Å². The minimum atomic E-state index is 0.314. The summed E-state index contributed by atoms with van der Waals surface area (Å²) in [4.78, 5) is 9.49. The molecule has 0 bridgehead atoms. The third-order valence-corrected chi connectivity index (χ3v) is 5.72. The van der Waals surface area contributed by atoms with E-state index < -0.39 is 0 Å². The molecule has 0 radical (unpaired) electrons. The van der Waals surface area contributed by atoms with Crippen molar-refractivity contribution in [1.82, 2.24) is 9.88 Å². The van der Waals surface area contributed by atoms with Crippen molar-refractivity contribution in [3.63, 3.8) is 0 Å². The van der Waals surface area contributed by atoms with E-state index in [9.17, 15) is 0 Å². The molecule has 0 spiro atoms. The summed E-state index contributed by atoms with van der Waals surface area (Å²) in [5, 5.41) is 0. The fourth-order valence-corrected chi connectivity index (χ4v) is 4.48. The number of hydrogen-bond donors (Lipinski definition) is 0. The Labute approximate surface area is 164 Å². The van der Waals surface area contributed by atoms with Gasteiger partial charge in [0.1, 0.15) is 0 Å². The first kappa shape index (κ1) is 18.0. The van der Waals surface area contributed by atoms with E-state index in [0.29, 0.717) is 6.79 Å². The molecule has 0 saturated carbocycles. The van der Waals surface area contributed by atoms with Crippen LogP contribution in [-0.2, 0) is 26.1 Å². The van der Waals surface area contributed by atoms with Crippen LogP contribution in [0.1, 0.15) is 34.2 Å². The van der Waals surface area contributed by atoms with Gasteiger partial charge in [0.25, 0.3) is 0 Å². The summed E-state index contributed by atoms with van der Waals surface area (Å²) in [7, 11) is 0. The van der Waals surface area contributed by atoms with E-state index in [1.165, 1.54) is 27.3 Å². The fraction of sp³-hybridized carbons (Fsp3) is 0.318. The third-order valence-electron chi connectivity index (χ3n) is 4.59. The first-order valence-electron chi connectivity index (χ1n) is 9.37. The lowest BCUT2D eigenvalue weighted by Crippen LogP contribution is -2.22. The predicted octanol–water partition coefficient (Wildman–Crippen LogP) is 5.03. The molecule has 0 atom stereocenters. The van der Waals surface area contributed by atoms with Gasteiger partial charge in [-0.05, 0) is 53.9 Å². The van der Waals surface area contributed by atoms with E-state index in [1.54, 1.807) is 0 Å². The summed E-state index contributed by atoms with van der Waals surface area (Å²) in [5.41, 5.74) is 2.51. The number of hydrogen-bond acceptors (Lipinski definition) is 5. The number of fused-ring (bicyclic) bond motifs is 1. The van der Waals surface area contributed by atoms with Gasteiger partial charge in [0, 0.05) is 41.8 Å². The van der Waals surface area contributed by atoms with E-state index >= 15 is 0 Å². The molecule has 0 fully saturated rings. The third kappa shape index (κ3) is 4.67. The molecule has 140 valence electrons. The van der Waals surface area contributed by atoms with Crippen LogP contribution in [-0.4, -0.2) is 16.7 Å². The molecule has 4 nitrogen and oxygen atoms in total. The smallest absolute Gasteiger partial charge is 0.231 e. The van der Waals surface area contributed by atoms with Crippen LogP contribution in [0.25, 0.3) is 0 Å². The van der Waals surface area contributed by atoms with Gasteiger partial charge in [-0.1, -0.05) is 19.4 Å². The highest BCUT2D eigenvalue weighted by Crippen LogP contribution is 2.33. The maximum absolute atomic E-state index is 5.54. The Bertz CT molecular complexity index is 879. The lowest BCUT2D eigenvalue weighted by Gasteiger charge is -2.22. The summed E-state index contributed by atoms with van der Waals surface area (Å²) in [6.07, 6.45) is 6.08. The molecule has 1 aromatic carbocycles. The topological polar surface area (TPSA) is 34.6 Å². The zero-order valence-corrected chi connectivity index (χ0v) is 16.4. The van der Waals surface area contributed by atoms with Crippen molar-refractivity contribution in [3.05, 3.63) is 75.7 Å². The van der Waals surface area contributed by atoms with Crippen LogP contribution in [0, 0.1) is 0 Å². The molecule has 0 aliphatic carbocycles. The van der Waals surface area contributed by atoms with Gasteiger partial charge in [-0.2, -0.15) is 0 Å². The summed E-state index contributed by atoms with van der Waals surface area (Å²) in [6, 6.07) is 15.0. The molecule has 0 unspecified atom stereocenters. The minimum Gasteiger partial charge on any atom is -0.454 e. The Hall–Kier alpha value is -2.37. The van der Waals surface area contributed by atoms with E-state index in [1.807, 2.05) is 29.8 Å². The molecule has 27 heavy (non-hydrogen) atoms. The Balaban J connectivity index is 1.51. The average Bonchev–Trinajstić information content (AvgIpc) is 3.32. The van der Waals surface area contributed by atoms with Gasteiger partial charge in [-0.3, -0.25) is 9.88 Å². The molecule has 2 aromatic heterocycles. The van der Waals surface area contributed by atoms with Gasteiger partial charge in [0.2, 0.25) is 6.79 Å². The molecule has 0 N–H and O–H groups in total. The first-order valence-corrected chi connectivity index (χ1v) is 10.2. The van der Waals surface area contributed by atoms with Crippen LogP contribution in [0.3, 0.4) is 0 Å². The summed E-state index contributed by atoms with van der Waals surface area (Å²) in [5.74, 6) is 1.68. The highest BCUT2D eigenvalue weighted by atomic mass is 32.1. The van der Waals surface area contributed by atoms with Crippen LogP contribution < -0.4 is 9.47 Å². The molecule has 5 heteroatoms. The van der Waals surface area contributed by atoms with Crippen LogP contribution in [0.5, 0.6) is 11.5 Å². The minimum absolute atomic E-state index is 0.314. The maximum atomic E-state index is 5.54. The second kappa shape index (κ2) is 8.55. The number of thiophene rings is 1. The first-order chi connectivity index (χ1) is 13.3. The standard InChI is InChI=1S/C22H24N2O2S/c1-2-3-19-5-6-20(27-19)15-24(13-17-8-10-23-11-9-17)14-18-4-7-21-22(12-18)26-16-25-21/h4-12H,2-3,13-16H2,1H3. The van der Waals surface area contributed by atoms with Crippen molar-refractivity contribution in [3.8, 4) is 11.5 Å². The molecule has 1 aliphatic heterocycles. The van der Waals surface area contributed by atoms with Crippen LogP contribution >= 0.6 is 11.3 Å².